The summed E-state index contributed by atoms with van der Waals surface area (Å²) in [5.74, 6) is 0. The Labute approximate surface area is 116 Å². The average Bonchev–Trinajstić information content (AvgIpc) is 2.38. The Kier molecular flexibility index (Phi) is 4.88. The minimum atomic E-state index is -4.34. The van der Waals surface area contributed by atoms with Gasteiger partial charge in [0.05, 0.1) is 18.8 Å². The summed E-state index contributed by atoms with van der Waals surface area (Å²) in [4.78, 5) is 2.26. The average molecular weight is 288 g/mol. The summed E-state index contributed by atoms with van der Waals surface area (Å²) in [6, 6.07) is 3.79. The number of hydrogen-bond acceptors (Lipinski definition) is 3. The van der Waals surface area contributed by atoms with Gasteiger partial charge in [-0.2, -0.15) is 13.2 Å². The van der Waals surface area contributed by atoms with E-state index in [-0.39, 0.29) is 5.69 Å². The summed E-state index contributed by atoms with van der Waals surface area (Å²) in [5, 5.41) is 0. The molecule has 1 aliphatic rings. The molecule has 1 fully saturated rings. The highest BCUT2D eigenvalue weighted by Gasteiger charge is 2.30. The summed E-state index contributed by atoms with van der Waals surface area (Å²) in [6.45, 7) is 4.13. The standard InChI is InChI=1S/C14H19F3N2O/c15-14(16,17)12-8-11(9-13(18)10-12)2-1-3-19-4-6-20-7-5-19/h8-10H,1-7,18H2. The highest BCUT2D eigenvalue weighted by molar-refractivity contribution is 5.45. The van der Waals surface area contributed by atoms with Crippen molar-refractivity contribution in [2.24, 2.45) is 0 Å². The fraction of sp³-hybridized carbons (Fsp3) is 0.571. The van der Waals surface area contributed by atoms with Crippen molar-refractivity contribution in [2.45, 2.75) is 19.0 Å². The van der Waals surface area contributed by atoms with Crippen molar-refractivity contribution in [3.63, 3.8) is 0 Å². The van der Waals surface area contributed by atoms with E-state index in [4.69, 9.17) is 10.5 Å². The summed E-state index contributed by atoms with van der Waals surface area (Å²) in [5.41, 5.74) is 5.69. The molecule has 1 aliphatic heterocycles. The topological polar surface area (TPSA) is 38.5 Å². The van der Waals surface area contributed by atoms with Crippen LogP contribution in [0.25, 0.3) is 0 Å². The molecule has 6 heteroatoms. The maximum atomic E-state index is 12.7. The van der Waals surface area contributed by atoms with E-state index in [1.54, 1.807) is 6.07 Å². The molecule has 0 aliphatic carbocycles. The van der Waals surface area contributed by atoms with E-state index in [2.05, 4.69) is 4.90 Å². The highest BCUT2D eigenvalue weighted by atomic mass is 19.4. The third kappa shape index (κ3) is 4.38. The molecule has 1 saturated heterocycles. The van der Waals surface area contributed by atoms with E-state index in [1.807, 2.05) is 0 Å². The van der Waals surface area contributed by atoms with Crippen LogP contribution in [-0.2, 0) is 17.3 Å². The SMILES string of the molecule is Nc1cc(CCCN2CCOCC2)cc(C(F)(F)F)c1. The van der Waals surface area contributed by atoms with E-state index in [0.717, 1.165) is 45.3 Å². The molecule has 1 heterocycles. The molecule has 1 aromatic rings. The fourth-order valence-electron chi connectivity index (χ4n) is 2.36. The first-order chi connectivity index (χ1) is 9.45. The summed E-state index contributed by atoms with van der Waals surface area (Å²) >= 11 is 0. The van der Waals surface area contributed by atoms with Crippen LogP contribution in [0.15, 0.2) is 18.2 Å². The third-order valence-electron chi connectivity index (χ3n) is 3.39. The predicted molar refractivity (Wildman–Crippen MR) is 71.4 cm³/mol. The molecule has 0 atom stereocenters. The Morgan fingerprint density at radius 2 is 1.85 bits per heavy atom. The van der Waals surface area contributed by atoms with E-state index in [0.29, 0.717) is 12.0 Å². The molecule has 3 nitrogen and oxygen atoms in total. The number of aryl methyl sites for hydroxylation is 1. The first kappa shape index (κ1) is 15.1. The number of nitrogens with two attached hydrogens (primary N) is 1. The number of rotatable bonds is 4. The van der Waals surface area contributed by atoms with E-state index < -0.39 is 11.7 Å². The number of alkyl halides is 3. The third-order valence-corrected chi connectivity index (χ3v) is 3.39. The lowest BCUT2D eigenvalue weighted by Gasteiger charge is -2.26. The molecule has 0 aromatic heterocycles. The second-order valence-electron chi connectivity index (χ2n) is 5.02. The van der Waals surface area contributed by atoms with Gasteiger partial charge in [0.15, 0.2) is 0 Å². The van der Waals surface area contributed by atoms with Crippen LogP contribution in [0.4, 0.5) is 18.9 Å². The number of ether oxygens (including phenoxy) is 1. The lowest BCUT2D eigenvalue weighted by Crippen LogP contribution is -2.36. The number of nitrogen functional groups attached to an aromatic ring is 1. The van der Waals surface area contributed by atoms with Crippen molar-refractivity contribution < 1.29 is 17.9 Å². The Morgan fingerprint density at radius 3 is 2.50 bits per heavy atom. The Balaban J connectivity index is 1.90. The van der Waals surface area contributed by atoms with Crippen LogP contribution in [-0.4, -0.2) is 37.7 Å². The van der Waals surface area contributed by atoms with Crippen LogP contribution in [0.5, 0.6) is 0 Å². The van der Waals surface area contributed by atoms with Crippen LogP contribution in [0.1, 0.15) is 17.5 Å². The van der Waals surface area contributed by atoms with Crippen molar-refractivity contribution in [1.29, 1.82) is 0 Å². The molecular formula is C14H19F3N2O. The van der Waals surface area contributed by atoms with Crippen LogP contribution in [0.2, 0.25) is 0 Å². The molecule has 0 spiro atoms. The van der Waals surface area contributed by atoms with Gasteiger partial charge in [0.1, 0.15) is 0 Å². The molecule has 20 heavy (non-hydrogen) atoms. The van der Waals surface area contributed by atoms with Gasteiger partial charge in [-0.1, -0.05) is 0 Å². The number of hydrogen-bond donors (Lipinski definition) is 1. The van der Waals surface area contributed by atoms with Crippen LogP contribution in [0, 0.1) is 0 Å². The number of benzene rings is 1. The van der Waals surface area contributed by atoms with Gasteiger partial charge in [-0.15, -0.1) is 0 Å². The smallest absolute Gasteiger partial charge is 0.399 e. The molecule has 0 saturated carbocycles. The predicted octanol–water partition coefficient (Wildman–Crippen LogP) is 2.55. The second kappa shape index (κ2) is 6.45. The van der Waals surface area contributed by atoms with Crippen molar-refractivity contribution in [3.05, 3.63) is 29.3 Å². The Morgan fingerprint density at radius 1 is 1.15 bits per heavy atom. The molecule has 2 rings (SSSR count). The van der Waals surface area contributed by atoms with E-state index >= 15 is 0 Å². The maximum absolute atomic E-state index is 12.7. The molecule has 2 N–H and O–H groups in total. The molecule has 112 valence electrons. The van der Waals surface area contributed by atoms with Gasteiger partial charge in [0.2, 0.25) is 0 Å². The quantitative estimate of drug-likeness (QED) is 0.865. The van der Waals surface area contributed by atoms with E-state index in [1.165, 1.54) is 6.07 Å². The molecule has 0 amide bonds. The van der Waals surface area contributed by atoms with Gasteiger partial charge < -0.3 is 10.5 Å². The monoisotopic (exact) mass is 288 g/mol. The number of halogens is 3. The maximum Gasteiger partial charge on any atom is 0.416 e. The lowest BCUT2D eigenvalue weighted by atomic mass is 10.0. The van der Waals surface area contributed by atoms with Gasteiger partial charge in [-0.3, -0.25) is 4.90 Å². The molecule has 0 unspecified atom stereocenters. The lowest BCUT2D eigenvalue weighted by molar-refractivity contribution is -0.137. The molecular weight excluding hydrogens is 269 g/mol. The van der Waals surface area contributed by atoms with Crippen LogP contribution in [0.3, 0.4) is 0 Å². The zero-order valence-electron chi connectivity index (χ0n) is 11.2. The zero-order valence-corrected chi connectivity index (χ0v) is 11.2. The Bertz CT molecular complexity index is 443. The van der Waals surface area contributed by atoms with Crippen molar-refractivity contribution >= 4 is 5.69 Å². The second-order valence-corrected chi connectivity index (χ2v) is 5.02. The minimum absolute atomic E-state index is 0.168. The van der Waals surface area contributed by atoms with Crippen LogP contribution < -0.4 is 5.73 Å². The Hall–Kier alpha value is -1.27. The van der Waals surface area contributed by atoms with Crippen LogP contribution >= 0.6 is 0 Å². The van der Waals surface area contributed by atoms with Gasteiger partial charge >= 0.3 is 6.18 Å². The summed E-state index contributed by atoms with van der Waals surface area (Å²) < 4.78 is 43.3. The van der Waals surface area contributed by atoms with Gasteiger partial charge in [-0.05, 0) is 43.1 Å². The normalized spacial score (nSPS) is 17.4. The summed E-state index contributed by atoms with van der Waals surface area (Å²) in [7, 11) is 0. The summed E-state index contributed by atoms with van der Waals surface area (Å²) in [6.07, 6.45) is -2.92. The van der Waals surface area contributed by atoms with Gasteiger partial charge in [-0.25, -0.2) is 0 Å². The molecule has 0 bridgehead atoms. The van der Waals surface area contributed by atoms with Crippen molar-refractivity contribution in [2.75, 3.05) is 38.6 Å². The largest absolute Gasteiger partial charge is 0.416 e. The first-order valence-electron chi connectivity index (χ1n) is 6.72. The highest BCUT2D eigenvalue weighted by Crippen LogP contribution is 2.31. The number of anilines is 1. The zero-order chi connectivity index (χ0) is 14.6. The van der Waals surface area contributed by atoms with Crippen molar-refractivity contribution in [3.8, 4) is 0 Å². The minimum Gasteiger partial charge on any atom is -0.399 e. The van der Waals surface area contributed by atoms with Gasteiger partial charge in [0, 0.05) is 18.8 Å². The molecule has 1 aromatic carbocycles. The molecule has 0 radical (unpaired) electrons. The number of morpholine rings is 1. The van der Waals surface area contributed by atoms with Gasteiger partial charge in [0.25, 0.3) is 0 Å². The first-order valence-corrected chi connectivity index (χ1v) is 6.72. The van der Waals surface area contributed by atoms with Crippen molar-refractivity contribution in [1.82, 2.24) is 4.90 Å². The van der Waals surface area contributed by atoms with E-state index in [9.17, 15) is 13.2 Å². The fourth-order valence-corrected chi connectivity index (χ4v) is 2.36. The number of nitrogens with zero attached hydrogens (tertiary/aromatic N) is 1.